The molecular formula is C8H2F8INO. The maximum absolute atomic E-state index is 12.5. The molecule has 0 radical (unpaired) electrons. The first kappa shape index (κ1) is 16.2. The minimum Gasteiger partial charge on any atom is -0.402 e. The minimum absolute atomic E-state index is 0.188. The molecule has 1 rings (SSSR count). The molecule has 1 aromatic heterocycles. The normalized spacial score (nSPS) is 12.9. The fourth-order valence-corrected chi connectivity index (χ4v) is 1.71. The zero-order chi connectivity index (χ0) is 15.0. The van der Waals surface area contributed by atoms with Gasteiger partial charge in [0.05, 0.1) is 3.57 Å². The highest BCUT2D eigenvalue weighted by atomic mass is 127. The van der Waals surface area contributed by atoms with Gasteiger partial charge in [0.15, 0.2) is 11.4 Å². The Hall–Kier alpha value is -0.880. The lowest BCUT2D eigenvalue weighted by molar-refractivity contribution is -0.275. The molecule has 2 nitrogen and oxygen atoms in total. The molecule has 0 saturated heterocycles. The van der Waals surface area contributed by atoms with Crippen molar-refractivity contribution in [3.8, 4) is 5.75 Å². The summed E-state index contributed by atoms with van der Waals surface area (Å²) in [6, 6.07) is 0.188. The second kappa shape index (κ2) is 5.25. The van der Waals surface area contributed by atoms with Gasteiger partial charge in [-0.15, -0.1) is 13.2 Å². The van der Waals surface area contributed by atoms with Crippen LogP contribution in [0.25, 0.3) is 0 Å². The van der Waals surface area contributed by atoms with E-state index in [-0.39, 0.29) is 6.07 Å². The second-order valence-corrected chi connectivity index (χ2v) is 4.21. The number of aromatic nitrogens is 1. The SMILES string of the molecule is FC(F)c1nc(C(F)(F)F)cc(I)c1OC(F)(F)F. The van der Waals surface area contributed by atoms with E-state index in [1.54, 1.807) is 0 Å². The van der Waals surface area contributed by atoms with Crippen LogP contribution in [0.5, 0.6) is 5.75 Å². The third-order valence-corrected chi connectivity index (χ3v) is 2.47. The third-order valence-electron chi connectivity index (χ3n) is 1.67. The van der Waals surface area contributed by atoms with Crippen LogP contribution in [0, 0.1) is 3.57 Å². The van der Waals surface area contributed by atoms with Gasteiger partial charge in [0.2, 0.25) is 0 Å². The number of rotatable bonds is 2. The zero-order valence-corrected chi connectivity index (χ0v) is 10.6. The number of hydrogen-bond acceptors (Lipinski definition) is 2. The van der Waals surface area contributed by atoms with Gasteiger partial charge >= 0.3 is 12.5 Å². The van der Waals surface area contributed by atoms with E-state index in [0.717, 1.165) is 22.6 Å². The number of alkyl halides is 8. The molecule has 0 saturated carbocycles. The first-order chi connectivity index (χ1) is 8.42. The lowest BCUT2D eigenvalue weighted by Gasteiger charge is -2.16. The first-order valence-electron chi connectivity index (χ1n) is 4.23. The maximum atomic E-state index is 12.5. The van der Waals surface area contributed by atoms with E-state index >= 15 is 0 Å². The molecule has 11 heteroatoms. The molecule has 0 amide bonds. The van der Waals surface area contributed by atoms with Crippen LogP contribution in [-0.4, -0.2) is 11.3 Å². The minimum atomic E-state index is -5.31. The van der Waals surface area contributed by atoms with Crippen molar-refractivity contribution in [2.24, 2.45) is 0 Å². The van der Waals surface area contributed by atoms with Gasteiger partial charge in [-0.25, -0.2) is 13.8 Å². The van der Waals surface area contributed by atoms with Gasteiger partial charge in [-0.3, -0.25) is 0 Å². The zero-order valence-electron chi connectivity index (χ0n) is 8.41. The van der Waals surface area contributed by atoms with Gasteiger partial charge in [-0.2, -0.15) is 13.2 Å². The first-order valence-corrected chi connectivity index (χ1v) is 5.31. The Kier molecular flexibility index (Phi) is 4.47. The predicted molar refractivity (Wildman–Crippen MR) is 53.6 cm³/mol. The Balaban J connectivity index is 3.40. The van der Waals surface area contributed by atoms with Crippen molar-refractivity contribution in [2.75, 3.05) is 0 Å². The number of ether oxygens (including phenoxy) is 1. The quantitative estimate of drug-likeness (QED) is 0.531. The summed E-state index contributed by atoms with van der Waals surface area (Å²) in [5.41, 5.74) is -3.43. The molecule has 0 aromatic carbocycles. The van der Waals surface area contributed by atoms with Crippen LogP contribution < -0.4 is 4.74 Å². The summed E-state index contributed by atoms with van der Waals surface area (Å²) < 4.78 is 100. The Labute approximate surface area is 113 Å². The molecule has 19 heavy (non-hydrogen) atoms. The van der Waals surface area contributed by atoms with Crippen molar-refractivity contribution < 1.29 is 39.9 Å². The fraction of sp³-hybridized carbons (Fsp3) is 0.375. The number of halogens is 9. The second-order valence-electron chi connectivity index (χ2n) is 3.05. The number of pyridine rings is 1. The van der Waals surface area contributed by atoms with Crippen LogP contribution in [0.3, 0.4) is 0 Å². The topological polar surface area (TPSA) is 22.1 Å². The highest BCUT2D eigenvalue weighted by Gasteiger charge is 2.39. The molecule has 0 atom stereocenters. The molecule has 0 N–H and O–H groups in total. The highest BCUT2D eigenvalue weighted by Crippen LogP contribution is 2.39. The van der Waals surface area contributed by atoms with Crippen molar-refractivity contribution >= 4 is 22.6 Å². The van der Waals surface area contributed by atoms with Gasteiger partial charge in [0.25, 0.3) is 6.43 Å². The number of nitrogens with zero attached hydrogens (tertiary/aromatic N) is 1. The Morgan fingerprint density at radius 3 is 2.00 bits per heavy atom. The van der Waals surface area contributed by atoms with E-state index in [9.17, 15) is 35.1 Å². The van der Waals surface area contributed by atoms with E-state index in [1.807, 2.05) is 0 Å². The van der Waals surface area contributed by atoms with Crippen molar-refractivity contribution in [1.29, 1.82) is 0 Å². The lowest BCUT2D eigenvalue weighted by atomic mass is 10.2. The summed E-state index contributed by atoms with van der Waals surface area (Å²) in [5, 5.41) is 0. The van der Waals surface area contributed by atoms with Gasteiger partial charge in [-0.05, 0) is 28.7 Å². The average molecular weight is 407 g/mol. The highest BCUT2D eigenvalue weighted by molar-refractivity contribution is 14.1. The van der Waals surface area contributed by atoms with E-state index in [4.69, 9.17) is 0 Å². The van der Waals surface area contributed by atoms with Gasteiger partial charge < -0.3 is 4.74 Å². The molecule has 0 bridgehead atoms. The summed E-state index contributed by atoms with van der Waals surface area (Å²) in [6.07, 6.45) is -14.0. The van der Waals surface area contributed by atoms with Crippen LogP contribution >= 0.6 is 22.6 Å². The van der Waals surface area contributed by atoms with E-state index in [1.165, 1.54) is 0 Å². The van der Waals surface area contributed by atoms with Crippen LogP contribution in [0.1, 0.15) is 17.8 Å². The Morgan fingerprint density at radius 1 is 1.11 bits per heavy atom. The summed E-state index contributed by atoms with van der Waals surface area (Å²) in [6.45, 7) is 0. The lowest BCUT2D eigenvalue weighted by Crippen LogP contribution is -2.21. The molecule has 0 fully saturated rings. The van der Waals surface area contributed by atoms with Crippen LogP contribution in [0.15, 0.2) is 6.07 Å². The summed E-state index contributed by atoms with van der Waals surface area (Å²) in [5.74, 6) is -1.43. The van der Waals surface area contributed by atoms with E-state index < -0.39 is 39.7 Å². The Bertz CT molecular complexity index is 469. The van der Waals surface area contributed by atoms with Gasteiger partial charge in [-0.1, -0.05) is 0 Å². The summed E-state index contributed by atoms with van der Waals surface area (Å²) in [4.78, 5) is 2.48. The van der Waals surface area contributed by atoms with E-state index in [0.29, 0.717) is 0 Å². The number of hydrogen-bond donors (Lipinski definition) is 0. The van der Waals surface area contributed by atoms with E-state index in [2.05, 4.69) is 9.72 Å². The maximum Gasteiger partial charge on any atom is 0.573 e. The van der Waals surface area contributed by atoms with Crippen LogP contribution in [-0.2, 0) is 6.18 Å². The Morgan fingerprint density at radius 2 is 1.63 bits per heavy atom. The molecule has 0 spiro atoms. The summed E-state index contributed by atoms with van der Waals surface area (Å²) in [7, 11) is 0. The van der Waals surface area contributed by atoms with Crippen molar-refractivity contribution in [1.82, 2.24) is 4.98 Å². The average Bonchev–Trinajstić information content (AvgIpc) is 2.16. The molecule has 0 unspecified atom stereocenters. The van der Waals surface area contributed by atoms with Crippen molar-refractivity contribution in [2.45, 2.75) is 19.0 Å². The largest absolute Gasteiger partial charge is 0.573 e. The molecule has 0 aliphatic carbocycles. The summed E-state index contributed by atoms with van der Waals surface area (Å²) >= 11 is 1.03. The standard InChI is InChI=1S/C8H2F8INO/c9-6(10)4-5(19-8(14,15)16)2(17)1-3(18-4)7(11,12)13/h1,6H. The van der Waals surface area contributed by atoms with Crippen LogP contribution in [0.2, 0.25) is 0 Å². The molecule has 108 valence electrons. The molecular weight excluding hydrogens is 405 g/mol. The van der Waals surface area contributed by atoms with Gasteiger partial charge in [0, 0.05) is 0 Å². The fourth-order valence-electron chi connectivity index (χ4n) is 1.03. The van der Waals surface area contributed by atoms with Crippen LogP contribution in [0.4, 0.5) is 35.1 Å². The molecule has 1 heterocycles. The predicted octanol–water partition coefficient (Wildman–Crippen LogP) is 4.54. The molecule has 1 aromatic rings. The molecule has 0 aliphatic rings. The molecule has 0 aliphatic heterocycles. The third kappa shape index (κ3) is 4.31. The van der Waals surface area contributed by atoms with Gasteiger partial charge in [0.1, 0.15) is 5.69 Å². The van der Waals surface area contributed by atoms with Crippen molar-refractivity contribution in [3.63, 3.8) is 0 Å². The smallest absolute Gasteiger partial charge is 0.402 e. The monoisotopic (exact) mass is 407 g/mol. The van der Waals surface area contributed by atoms with Crippen molar-refractivity contribution in [3.05, 3.63) is 21.0 Å².